The minimum Gasteiger partial charge on any atom is -0.495 e. The van der Waals surface area contributed by atoms with Gasteiger partial charge in [0.15, 0.2) is 6.04 Å². The highest BCUT2D eigenvalue weighted by atomic mass is 16.5. The largest absolute Gasteiger partial charge is 0.495 e. The van der Waals surface area contributed by atoms with Gasteiger partial charge in [-0.15, -0.1) is 0 Å². The standard InChI is InChI=1S/C24H26N2O2/c1-17(19-13-15-21(16-14-19)20-9-5-4-6-10-20)25-18(2)24(27)26-22-11-7-8-12-23(22)28-3/h4-18,25H,1-3H3,(H,26,27)/p+1/t17-,18-/m1/s1. The summed E-state index contributed by atoms with van der Waals surface area (Å²) in [6.07, 6.45) is 0. The van der Waals surface area contributed by atoms with E-state index in [-0.39, 0.29) is 18.0 Å². The van der Waals surface area contributed by atoms with Crippen molar-refractivity contribution in [3.63, 3.8) is 0 Å². The number of rotatable bonds is 7. The average Bonchev–Trinajstić information content (AvgIpc) is 2.74. The first-order valence-electron chi connectivity index (χ1n) is 9.52. The molecule has 0 aliphatic rings. The van der Waals surface area contributed by atoms with Crippen molar-refractivity contribution < 1.29 is 14.8 Å². The smallest absolute Gasteiger partial charge is 0.282 e. The van der Waals surface area contributed by atoms with E-state index in [0.29, 0.717) is 11.4 Å². The first kappa shape index (κ1) is 19.6. The minimum atomic E-state index is -0.228. The fourth-order valence-corrected chi connectivity index (χ4v) is 3.24. The molecule has 0 bridgehead atoms. The lowest BCUT2D eigenvalue weighted by molar-refractivity contribution is -0.709. The van der Waals surface area contributed by atoms with Crippen LogP contribution in [-0.4, -0.2) is 19.1 Å². The number of amides is 1. The van der Waals surface area contributed by atoms with Crippen LogP contribution in [0.5, 0.6) is 5.75 Å². The molecule has 3 rings (SSSR count). The zero-order chi connectivity index (χ0) is 19.9. The number of nitrogens with two attached hydrogens (primary N) is 1. The van der Waals surface area contributed by atoms with Gasteiger partial charge in [-0.1, -0.05) is 66.7 Å². The Morgan fingerprint density at radius 3 is 2.14 bits per heavy atom. The molecule has 144 valence electrons. The summed E-state index contributed by atoms with van der Waals surface area (Å²) >= 11 is 0. The number of nitrogens with one attached hydrogen (secondary N) is 1. The fourth-order valence-electron chi connectivity index (χ4n) is 3.24. The summed E-state index contributed by atoms with van der Waals surface area (Å²) < 4.78 is 5.30. The van der Waals surface area contributed by atoms with Gasteiger partial charge in [-0.3, -0.25) is 4.79 Å². The summed E-state index contributed by atoms with van der Waals surface area (Å²) in [7, 11) is 1.60. The Morgan fingerprint density at radius 1 is 0.857 bits per heavy atom. The van der Waals surface area contributed by atoms with E-state index in [0.717, 1.165) is 0 Å². The molecule has 0 saturated heterocycles. The minimum absolute atomic E-state index is 0.0442. The average molecular weight is 375 g/mol. The van der Waals surface area contributed by atoms with Gasteiger partial charge in [-0.25, -0.2) is 0 Å². The predicted octanol–water partition coefficient (Wildman–Crippen LogP) is 4.01. The summed E-state index contributed by atoms with van der Waals surface area (Å²) in [4.78, 5) is 12.6. The summed E-state index contributed by atoms with van der Waals surface area (Å²) in [5.74, 6) is 0.616. The third-order valence-electron chi connectivity index (χ3n) is 4.90. The molecular weight excluding hydrogens is 348 g/mol. The van der Waals surface area contributed by atoms with Gasteiger partial charge in [0.1, 0.15) is 11.8 Å². The number of ether oxygens (including phenoxy) is 1. The molecule has 0 saturated carbocycles. The van der Waals surface area contributed by atoms with Crippen molar-refractivity contribution in [3.05, 3.63) is 84.4 Å². The second-order valence-corrected chi connectivity index (χ2v) is 6.95. The molecule has 0 unspecified atom stereocenters. The van der Waals surface area contributed by atoms with Crippen LogP contribution in [0.4, 0.5) is 5.69 Å². The van der Waals surface area contributed by atoms with Gasteiger partial charge in [0, 0.05) is 5.56 Å². The van der Waals surface area contributed by atoms with Crippen molar-refractivity contribution in [3.8, 4) is 16.9 Å². The first-order chi connectivity index (χ1) is 13.6. The molecule has 4 nitrogen and oxygen atoms in total. The molecule has 0 heterocycles. The predicted molar refractivity (Wildman–Crippen MR) is 113 cm³/mol. The second-order valence-electron chi connectivity index (χ2n) is 6.95. The topological polar surface area (TPSA) is 54.9 Å². The fraction of sp³-hybridized carbons (Fsp3) is 0.208. The molecule has 0 radical (unpaired) electrons. The molecule has 4 heteroatoms. The van der Waals surface area contributed by atoms with Gasteiger partial charge in [0.05, 0.1) is 12.8 Å². The lowest BCUT2D eigenvalue weighted by Crippen LogP contribution is -2.91. The lowest BCUT2D eigenvalue weighted by atomic mass is 10.0. The van der Waals surface area contributed by atoms with Gasteiger partial charge < -0.3 is 15.4 Å². The Labute approximate surface area is 166 Å². The van der Waals surface area contributed by atoms with Gasteiger partial charge >= 0.3 is 0 Å². The van der Waals surface area contributed by atoms with E-state index < -0.39 is 0 Å². The maximum Gasteiger partial charge on any atom is 0.282 e. The third kappa shape index (κ3) is 4.78. The molecule has 0 spiro atoms. The van der Waals surface area contributed by atoms with Crippen LogP contribution in [-0.2, 0) is 4.79 Å². The van der Waals surface area contributed by atoms with Crippen molar-refractivity contribution in [1.29, 1.82) is 0 Å². The van der Waals surface area contributed by atoms with Crippen molar-refractivity contribution in [2.24, 2.45) is 0 Å². The molecule has 3 N–H and O–H groups in total. The molecule has 28 heavy (non-hydrogen) atoms. The molecule has 1 amide bonds. The number of carbonyl (C=O) groups excluding carboxylic acids is 1. The number of carbonyl (C=O) groups is 1. The van der Waals surface area contributed by atoms with Crippen LogP contribution in [0.25, 0.3) is 11.1 Å². The zero-order valence-corrected chi connectivity index (χ0v) is 16.6. The number of hydrogen-bond acceptors (Lipinski definition) is 2. The summed E-state index contributed by atoms with van der Waals surface area (Å²) in [5.41, 5.74) is 4.28. The highest BCUT2D eigenvalue weighted by Crippen LogP contribution is 2.23. The first-order valence-corrected chi connectivity index (χ1v) is 9.52. The van der Waals surface area contributed by atoms with Crippen LogP contribution in [0, 0.1) is 0 Å². The summed E-state index contributed by atoms with van der Waals surface area (Å²) in [5, 5.41) is 5.03. The van der Waals surface area contributed by atoms with Crippen molar-refractivity contribution in [2.75, 3.05) is 12.4 Å². The Balaban J connectivity index is 1.62. The van der Waals surface area contributed by atoms with E-state index in [1.807, 2.05) is 49.4 Å². The van der Waals surface area contributed by atoms with E-state index in [2.05, 4.69) is 54.0 Å². The highest BCUT2D eigenvalue weighted by Gasteiger charge is 2.21. The van der Waals surface area contributed by atoms with E-state index >= 15 is 0 Å². The monoisotopic (exact) mass is 375 g/mol. The Hall–Kier alpha value is -3.11. The molecule has 0 aromatic heterocycles. The molecule has 2 atom stereocenters. The van der Waals surface area contributed by atoms with Crippen molar-refractivity contribution >= 4 is 11.6 Å². The second kappa shape index (κ2) is 9.20. The van der Waals surface area contributed by atoms with E-state index in [1.54, 1.807) is 7.11 Å². The number of anilines is 1. The number of methoxy groups -OCH3 is 1. The van der Waals surface area contributed by atoms with Crippen LogP contribution in [0.3, 0.4) is 0 Å². The lowest BCUT2D eigenvalue weighted by Gasteiger charge is -2.18. The van der Waals surface area contributed by atoms with E-state index in [9.17, 15) is 4.79 Å². The van der Waals surface area contributed by atoms with Crippen molar-refractivity contribution in [1.82, 2.24) is 0 Å². The molecule has 3 aromatic rings. The highest BCUT2D eigenvalue weighted by molar-refractivity contribution is 5.94. The molecule has 0 fully saturated rings. The summed E-state index contributed by atoms with van der Waals surface area (Å²) in [6.45, 7) is 4.03. The maximum absolute atomic E-state index is 12.6. The number of hydrogen-bond donors (Lipinski definition) is 2. The quantitative estimate of drug-likeness (QED) is 0.655. The Kier molecular flexibility index (Phi) is 6.45. The van der Waals surface area contributed by atoms with Crippen LogP contribution >= 0.6 is 0 Å². The van der Waals surface area contributed by atoms with Gasteiger partial charge in [-0.2, -0.15) is 0 Å². The molecule has 3 aromatic carbocycles. The third-order valence-corrected chi connectivity index (χ3v) is 4.90. The molecule has 0 aliphatic heterocycles. The molecule has 0 aliphatic carbocycles. The van der Waals surface area contributed by atoms with Crippen LogP contribution < -0.4 is 15.4 Å². The SMILES string of the molecule is COc1ccccc1NC(=O)[C@@H](C)[NH2+][C@H](C)c1ccc(-c2ccccc2)cc1. The maximum atomic E-state index is 12.6. The number of quaternary nitrogens is 1. The zero-order valence-electron chi connectivity index (χ0n) is 16.6. The van der Waals surface area contributed by atoms with Crippen LogP contribution in [0.15, 0.2) is 78.9 Å². The van der Waals surface area contributed by atoms with Gasteiger partial charge in [-0.05, 0) is 37.1 Å². The number of benzene rings is 3. The Bertz CT molecular complexity index is 907. The summed E-state index contributed by atoms with van der Waals surface area (Å²) in [6, 6.07) is 26.2. The Morgan fingerprint density at radius 2 is 1.46 bits per heavy atom. The van der Waals surface area contributed by atoms with Crippen molar-refractivity contribution in [2.45, 2.75) is 25.9 Å². The van der Waals surface area contributed by atoms with E-state index in [1.165, 1.54) is 16.7 Å². The normalized spacial score (nSPS) is 12.8. The van der Waals surface area contributed by atoms with Crippen LogP contribution in [0.2, 0.25) is 0 Å². The van der Waals surface area contributed by atoms with Gasteiger partial charge in [0.25, 0.3) is 5.91 Å². The van der Waals surface area contributed by atoms with Crippen LogP contribution in [0.1, 0.15) is 25.5 Å². The molecular formula is C24H27N2O2+. The van der Waals surface area contributed by atoms with E-state index in [4.69, 9.17) is 4.74 Å². The van der Waals surface area contributed by atoms with Gasteiger partial charge in [0.2, 0.25) is 0 Å². The number of para-hydroxylation sites is 2.